The summed E-state index contributed by atoms with van der Waals surface area (Å²) in [5, 5.41) is 3.86. The highest BCUT2D eigenvalue weighted by Gasteiger charge is 2.51. The molecule has 2 fully saturated rings. The number of nitrogens with zero attached hydrogens (tertiary/aromatic N) is 3. The van der Waals surface area contributed by atoms with Crippen molar-refractivity contribution in [3.63, 3.8) is 0 Å². The zero-order valence-electron chi connectivity index (χ0n) is 15.5. The Morgan fingerprint density at radius 2 is 1.82 bits per heavy atom. The Balaban J connectivity index is 1.38. The highest BCUT2D eigenvalue weighted by atomic mass is 16.6. The van der Waals surface area contributed by atoms with E-state index in [9.17, 15) is 14.4 Å². The molecule has 1 saturated heterocycles. The van der Waals surface area contributed by atoms with Crippen molar-refractivity contribution in [3.8, 4) is 11.4 Å². The first kappa shape index (κ1) is 18.3. The summed E-state index contributed by atoms with van der Waals surface area (Å²) in [7, 11) is 0. The standard InChI is InChI=1S/C20H21N3O5/c1-12(23-18(24)14-9-5-6-10-15(14)19(23)25)20(26)27-11-16-21-17(22-28-16)13-7-3-2-4-8-13/h2-4,7-8,12,14-15H,5-6,9-11H2,1H3. The molecule has 8 heteroatoms. The topological polar surface area (TPSA) is 103 Å². The number of rotatable bonds is 5. The highest BCUT2D eigenvalue weighted by molar-refractivity contribution is 6.07. The van der Waals surface area contributed by atoms with Crippen LogP contribution in [-0.4, -0.2) is 38.9 Å². The Hall–Kier alpha value is -3.03. The normalized spacial score (nSPS) is 22.8. The van der Waals surface area contributed by atoms with Crippen LogP contribution in [0.1, 0.15) is 38.5 Å². The molecule has 0 bridgehead atoms. The Morgan fingerprint density at radius 1 is 1.18 bits per heavy atom. The van der Waals surface area contributed by atoms with Crippen molar-refractivity contribution >= 4 is 17.8 Å². The van der Waals surface area contributed by atoms with Crippen molar-refractivity contribution < 1.29 is 23.6 Å². The molecule has 2 aliphatic rings. The summed E-state index contributed by atoms with van der Waals surface area (Å²) in [6.07, 6.45) is 3.29. The second-order valence-electron chi connectivity index (χ2n) is 7.21. The van der Waals surface area contributed by atoms with Crippen molar-refractivity contribution in [1.82, 2.24) is 15.0 Å². The number of amides is 2. The summed E-state index contributed by atoms with van der Waals surface area (Å²) in [5.41, 5.74) is 0.785. The zero-order chi connectivity index (χ0) is 19.7. The van der Waals surface area contributed by atoms with Crippen LogP contribution in [0.3, 0.4) is 0 Å². The van der Waals surface area contributed by atoms with Crippen LogP contribution in [0.15, 0.2) is 34.9 Å². The van der Waals surface area contributed by atoms with Gasteiger partial charge in [-0.3, -0.25) is 14.5 Å². The fourth-order valence-electron chi connectivity index (χ4n) is 3.95. The van der Waals surface area contributed by atoms with Crippen molar-refractivity contribution in [3.05, 3.63) is 36.2 Å². The largest absolute Gasteiger partial charge is 0.454 e. The monoisotopic (exact) mass is 383 g/mol. The molecule has 0 spiro atoms. The average Bonchev–Trinajstić information content (AvgIpc) is 3.30. The molecule has 2 heterocycles. The summed E-state index contributed by atoms with van der Waals surface area (Å²) >= 11 is 0. The number of carbonyl (C=O) groups is 3. The molecule has 1 aliphatic heterocycles. The van der Waals surface area contributed by atoms with Gasteiger partial charge in [-0.1, -0.05) is 48.3 Å². The minimum Gasteiger partial charge on any atom is -0.454 e. The van der Waals surface area contributed by atoms with E-state index in [2.05, 4.69) is 10.1 Å². The molecule has 1 aromatic heterocycles. The second kappa shape index (κ2) is 7.53. The van der Waals surface area contributed by atoms with Crippen LogP contribution in [0.2, 0.25) is 0 Å². The minimum absolute atomic E-state index is 0.146. The Kier molecular flexibility index (Phi) is 4.93. The smallest absolute Gasteiger partial charge is 0.329 e. The molecule has 8 nitrogen and oxygen atoms in total. The van der Waals surface area contributed by atoms with Crippen LogP contribution < -0.4 is 0 Å². The molecular formula is C20H21N3O5. The number of fused-ring (bicyclic) bond motifs is 1. The first-order valence-electron chi connectivity index (χ1n) is 9.48. The van der Waals surface area contributed by atoms with E-state index in [1.807, 2.05) is 30.3 Å². The van der Waals surface area contributed by atoms with Gasteiger partial charge in [0, 0.05) is 5.56 Å². The number of likely N-dealkylation sites (tertiary alicyclic amines) is 1. The SMILES string of the molecule is CC(C(=O)OCc1nc(-c2ccccc2)no1)N1C(=O)C2CCCCC2C1=O. The van der Waals surface area contributed by atoms with E-state index in [0.29, 0.717) is 18.7 Å². The lowest BCUT2D eigenvalue weighted by Crippen LogP contribution is -2.44. The van der Waals surface area contributed by atoms with E-state index in [1.165, 1.54) is 6.92 Å². The van der Waals surface area contributed by atoms with E-state index >= 15 is 0 Å². The van der Waals surface area contributed by atoms with Gasteiger partial charge in [0.1, 0.15) is 6.04 Å². The van der Waals surface area contributed by atoms with Gasteiger partial charge >= 0.3 is 5.97 Å². The van der Waals surface area contributed by atoms with Gasteiger partial charge in [-0.05, 0) is 19.8 Å². The highest BCUT2D eigenvalue weighted by Crippen LogP contribution is 2.38. The lowest BCUT2D eigenvalue weighted by Gasteiger charge is -2.21. The van der Waals surface area contributed by atoms with E-state index in [-0.39, 0.29) is 36.1 Å². The number of esters is 1. The van der Waals surface area contributed by atoms with Crippen molar-refractivity contribution in [2.45, 2.75) is 45.3 Å². The van der Waals surface area contributed by atoms with Gasteiger partial charge in [-0.25, -0.2) is 4.79 Å². The number of hydrogen-bond acceptors (Lipinski definition) is 7. The summed E-state index contributed by atoms with van der Waals surface area (Å²) < 4.78 is 10.3. The molecule has 2 amide bonds. The molecule has 1 saturated carbocycles. The summed E-state index contributed by atoms with van der Waals surface area (Å²) in [4.78, 5) is 42.9. The quantitative estimate of drug-likeness (QED) is 0.577. The molecule has 3 atom stereocenters. The summed E-state index contributed by atoms with van der Waals surface area (Å²) in [6, 6.07) is 8.30. The van der Waals surface area contributed by atoms with Crippen LogP contribution in [0.25, 0.3) is 11.4 Å². The number of ether oxygens (including phenoxy) is 1. The molecule has 1 aromatic carbocycles. The molecule has 3 unspecified atom stereocenters. The Bertz CT molecular complexity index is 870. The van der Waals surface area contributed by atoms with Gasteiger partial charge in [-0.15, -0.1) is 0 Å². The molecule has 0 N–H and O–H groups in total. The van der Waals surface area contributed by atoms with E-state index in [0.717, 1.165) is 23.3 Å². The number of aromatic nitrogens is 2. The minimum atomic E-state index is -0.970. The van der Waals surface area contributed by atoms with Crippen LogP contribution in [-0.2, 0) is 25.7 Å². The predicted octanol–water partition coefficient (Wildman–Crippen LogP) is 2.34. The van der Waals surface area contributed by atoms with Crippen LogP contribution in [0.5, 0.6) is 0 Å². The van der Waals surface area contributed by atoms with E-state index in [4.69, 9.17) is 9.26 Å². The maximum Gasteiger partial charge on any atom is 0.329 e. The van der Waals surface area contributed by atoms with E-state index in [1.54, 1.807) is 0 Å². The molecule has 0 radical (unpaired) electrons. The zero-order valence-corrected chi connectivity index (χ0v) is 15.5. The third-order valence-electron chi connectivity index (χ3n) is 5.44. The Labute approximate surface area is 161 Å². The van der Waals surface area contributed by atoms with Gasteiger partial charge in [0.2, 0.25) is 17.6 Å². The third-order valence-corrected chi connectivity index (χ3v) is 5.44. The second-order valence-corrected chi connectivity index (χ2v) is 7.21. The lowest BCUT2D eigenvalue weighted by atomic mass is 9.81. The fraction of sp³-hybridized carbons (Fsp3) is 0.450. The van der Waals surface area contributed by atoms with Crippen LogP contribution in [0.4, 0.5) is 0 Å². The molecule has 146 valence electrons. The maximum absolute atomic E-state index is 12.6. The first-order chi connectivity index (χ1) is 13.6. The van der Waals surface area contributed by atoms with Crippen molar-refractivity contribution in [2.75, 3.05) is 0 Å². The van der Waals surface area contributed by atoms with E-state index < -0.39 is 12.0 Å². The molecule has 2 aromatic rings. The van der Waals surface area contributed by atoms with Crippen LogP contribution in [0, 0.1) is 11.8 Å². The fourth-order valence-corrected chi connectivity index (χ4v) is 3.95. The number of benzene rings is 1. The lowest BCUT2D eigenvalue weighted by molar-refractivity contribution is -0.159. The number of carbonyl (C=O) groups excluding carboxylic acids is 3. The maximum atomic E-state index is 12.6. The van der Waals surface area contributed by atoms with Gasteiger partial charge in [-0.2, -0.15) is 4.98 Å². The molecule has 28 heavy (non-hydrogen) atoms. The average molecular weight is 383 g/mol. The van der Waals surface area contributed by atoms with Gasteiger partial charge in [0.15, 0.2) is 6.61 Å². The van der Waals surface area contributed by atoms with Crippen LogP contribution >= 0.6 is 0 Å². The van der Waals surface area contributed by atoms with Gasteiger partial charge < -0.3 is 9.26 Å². The summed E-state index contributed by atoms with van der Waals surface area (Å²) in [5.74, 6) is -1.23. The molecule has 4 rings (SSSR count). The molecule has 1 aliphatic carbocycles. The first-order valence-corrected chi connectivity index (χ1v) is 9.48. The summed E-state index contributed by atoms with van der Waals surface area (Å²) in [6.45, 7) is 1.30. The third kappa shape index (κ3) is 3.30. The van der Waals surface area contributed by atoms with Gasteiger partial charge in [0.25, 0.3) is 5.89 Å². The predicted molar refractivity (Wildman–Crippen MR) is 96.3 cm³/mol. The number of imide groups is 1. The van der Waals surface area contributed by atoms with Crippen molar-refractivity contribution in [2.24, 2.45) is 11.8 Å². The van der Waals surface area contributed by atoms with Gasteiger partial charge in [0.05, 0.1) is 11.8 Å². The molecular weight excluding hydrogens is 362 g/mol. The Morgan fingerprint density at radius 3 is 2.46 bits per heavy atom. The van der Waals surface area contributed by atoms with Crippen molar-refractivity contribution in [1.29, 1.82) is 0 Å². The number of hydrogen-bond donors (Lipinski definition) is 0.